The molecule has 3 fully saturated rings. The number of carboxylic acid groups (broad SMARTS) is 1. The number of likely N-dealkylation sites (tertiary alicyclic amines) is 1. The molecule has 3 heterocycles. The minimum atomic E-state index is -1.15. The molecule has 1 aromatic heterocycles. The maximum atomic E-state index is 13.3. The third-order valence-corrected chi connectivity index (χ3v) is 8.53. The van der Waals surface area contributed by atoms with Crippen molar-refractivity contribution in [2.24, 2.45) is 5.92 Å². The van der Waals surface area contributed by atoms with Crippen LogP contribution in [0.3, 0.4) is 0 Å². The molecule has 218 valence electrons. The van der Waals surface area contributed by atoms with E-state index in [0.717, 1.165) is 44.1 Å². The summed E-state index contributed by atoms with van der Waals surface area (Å²) in [5.74, 6) is -1.46. The van der Waals surface area contributed by atoms with Gasteiger partial charge in [0.1, 0.15) is 12.6 Å². The lowest BCUT2D eigenvalue weighted by Gasteiger charge is -2.35. The zero-order valence-corrected chi connectivity index (χ0v) is 23.7. The minimum absolute atomic E-state index is 0.116. The third kappa shape index (κ3) is 6.47. The number of nitrogens with zero attached hydrogens (tertiary/aromatic N) is 3. The minimum Gasteiger partial charge on any atom is -0.480 e. The first-order chi connectivity index (χ1) is 19.2. The molecule has 0 radical (unpaired) electrons. The van der Waals surface area contributed by atoms with Crippen molar-refractivity contribution in [3.05, 3.63) is 34.2 Å². The van der Waals surface area contributed by atoms with Gasteiger partial charge in [0.25, 0.3) is 0 Å². The van der Waals surface area contributed by atoms with Crippen molar-refractivity contribution < 1.29 is 24.3 Å². The molecular weight excluding hydrogens is 512 g/mol. The van der Waals surface area contributed by atoms with E-state index >= 15 is 0 Å². The fraction of sp³-hybridized carbons (Fsp3) is 0.633. The lowest BCUT2D eigenvalue weighted by atomic mass is 9.86. The Kier molecular flexibility index (Phi) is 9.81. The van der Waals surface area contributed by atoms with E-state index in [9.17, 15) is 29.1 Å². The molecule has 1 saturated carbocycles. The van der Waals surface area contributed by atoms with Crippen LogP contribution >= 0.6 is 0 Å². The van der Waals surface area contributed by atoms with Crippen molar-refractivity contribution in [2.45, 2.75) is 103 Å². The van der Waals surface area contributed by atoms with E-state index in [4.69, 9.17) is 0 Å². The number of carboxylic acids is 1. The third-order valence-electron chi connectivity index (χ3n) is 8.53. The van der Waals surface area contributed by atoms with Crippen molar-refractivity contribution in [1.82, 2.24) is 19.4 Å². The van der Waals surface area contributed by atoms with Crippen molar-refractivity contribution >= 4 is 34.7 Å². The predicted molar refractivity (Wildman–Crippen MR) is 151 cm³/mol. The van der Waals surface area contributed by atoms with E-state index in [2.05, 4.69) is 19.2 Å². The van der Waals surface area contributed by atoms with Gasteiger partial charge in [-0.05, 0) is 55.7 Å². The van der Waals surface area contributed by atoms with Gasteiger partial charge < -0.3 is 10.0 Å². The number of unbranched alkanes of at least 4 members (excludes halogenated alkanes) is 1. The SMILES string of the molecule is CCCC.O=C(O)Cn1c(=O)n(C2CCC(=O)NC2=O)c2ccc(C3CCN(C(=O)C4CCCCC4)CC3)cc21. The van der Waals surface area contributed by atoms with Crippen LogP contribution in [0, 0.1) is 5.92 Å². The second-order valence-electron chi connectivity index (χ2n) is 11.3. The second kappa shape index (κ2) is 13.3. The number of fused-ring (bicyclic) bond motifs is 1. The highest BCUT2D eigenvalue weighted by atomic mass is 16.4. The summed E-state index contributed by atoms with van der Waals surface area (Å²) in [6, 6.07) is 4.69. The van der Waals surface area contributed by atoms with Gasteiger partial charge >= 0.3 is 11.7 Å². The number of imide groups is 1. The van der Waals surface area contributed by atoms with Crippen LogP contribution < -0.4 is 11.0 Å². The first-order valence-electron chi connectivity index (χ1n) is 14.8. The van der Waals surface area contributed by atoms with Gasteiger partial charge in [-0.3, -0.25) is 33.6 Å². The molecule has 10 heteroatoms. The molecular formula is C30H42N4O6. The monoisotopic (exact) mass is 554 g/mol. The van der Waals surface area contributed by atoms with Gasteiger partial charge in [-0.2, -0.15) is 0 Å². The molecule has 2 saturated heterocycles. The van der Waals surface area contributed by atoms with Crippen LogP contribution in [0.4, 0.5) is 0 Å². The molecule has 0 spiro atoms. The Morgan fingerprint density at radius 2 is 1.60 bits per heavy atom. The summed E-state index contributed by atoms with van der Waals surface area (Å²) >= 11 is 0. The fourth-order valence-electron chi connectivity index (χ4n) is 6.11. The summed E-state index contributed by atoms with van der Waals surface area (Å²) in [7, 11) is 0. The summed E-state index contributed by atoms with van der Waals surface area (Å²) < 4.78 is 2.50. The van der Waals surface area contributed by atoms with Gasteiger partial charge in [0.2, 0.25) is 17.7 Å². The van der Waals surface area contributed by atoms with E-state index in [1.165, 1.54) is 28.4 Å². The van der Waals surface area contributed by atoms with E-state index < -0.39 is 30.2 Å². The molecule has 3 aliphatic rings. The number of hydrogen-bond donors (Lipinski definition) is 2. The zero-order chi connectivity index (χ0) is 28.8. The number of aromatic nitrogens is 2. The van der Waals surface area contributed by atoms with Crippen molar-refractivity contribution in [3.63, 3.8) is 0 Å². The number of piperidine rings is 2. The Morgan fingerprint density at radius 3 is 2.20 bits per heavy atom. The van der Waals surface area contributed by atoms with Crippen LogP contribution in [0.25, 0.3) is 11.0 Å². The van der Waals surface area contributed by atoms with Gasteiger partial charge in [-0.25, -0.2) is 4.79 Å². The number of hydrogen-bond acceptors (Lipinski definition) is 5. The number of amides is 3. The van der Waals surface area contributed by atoms with E-state index in [0.29, 0.717) is 24.1 Å². The maximum absolute atomic E-state index is 13.3. The number of imidazole rings is 1. The summed E-state index contributed by atoms with van der Waals surface area (Å²) in [5, 5.41) is 11.7. The van der Waals surface area contributed by atoms with Crippen LogP contribution in [-0.2, 0) is 25.7 Å². The number of nitrogens with one attached hydrogen (secondary N) is 1. The van der Waals surface area contributed by atoms with Crippen LogP contribution in [0.2, 0.25) is 0 Å². The van der Waals surface area contributed by atoms with Crippen molar-refractivity contribution in [1.29, 1.82) is 0 Å². The highest BCUT2D eigenvalue weighted by molar-refractivity contribution is 6.00. The number of benzene rings is 1. The number of aliphatic carboxylic acids is 1. The number of carbonyl (C=O) groups is 4. The van der Waals surface area contributed by atoms with Gasteiger partial charge in [-0.1, -0.05) is 52.0 Å². The molecule has 5 rings (SSSR count). The van der Waals surface area contributed by atoms with Crippen LogP contribution in [0.15, 0.2) is 23.0 Å². The molecule has 1 unspecified atom stereocenters. The van der Waals surface area contributed by atoms with E-state index in [1.54, 1.807) is 6.07 Å². The normalized spacial score (nSPS) is 20.6. The molecule has 1 atom stereocenters. The standard InChI is InChI=1S/C26H32N4O6.C4H10/c31-22-9-8-20(24(34)27-22)30-19-7-6-18(14-21(19)29(26(30)36)15-23(32)33)16-10-12-28(13-11-16)25(35)17-4-2-1-3-5-17;1-3-4-2/h6-7,14,16-17,20H,1-5,8-13,15H2,(H,32,33)(H,27,31,34);3-4H2,1-2H3. The summed E-state index contributed by atoms with van der Waals surface area (Å²) in [6.45, 7) is 5.22. The van der Waals surface area contributed by atoms with Crippen LogP contribution in [0.1, 0.15) is 102 Å². The predicted octanol–water partition coefficient (Wildman–Crippen LogP) is 3.96. The average Bonchev–Trinajstić information content (AvgIpc) is 3.23. The van der Waals surface area contributed by atoms with Crippen molar-refractivity contribution in [2.75, 3.05) is 13.1 Å². The fourth-order valence-corrected chi connectivity index (χ4v) is 6.11. The first kappa shape index (κ1) is 29.6. The molecule has 10 nitrogen and oxygen atoms in total. The molecule has 0 bridgehead atoms. The molecule has 1 aliphatic carbocycles. The second-order valence-corrected chi connectivity index (χ2v) is 11.3. The van der Waals surface area contributed by atoms with Crippen molar-refractivity contribution in [3.8, 4) is 0 Å². The zero-order valence-electron chi connectivity index (χ0n) is 23.7. The van der Waals surface area contributed by atoms with Gasteiger partial charge in [0.15, 0.2) is 0 Å². The Bertz CT molecular complexity index is 1300. The highest BCUT2D eigenvalue weighted by Crippen LogP contribution is 2.33. The molecule has 40 heavy (non-hydrogen) atoms. The van der Waals surface area contributed by atoms with Crippen LogP contribution in [-0.4, -0.2) is 55.9 Å². The highest BCUT2D eigenvalue weighted by Gasteiger charge is 2.33. The number of rotatable bonds is 6. The maximum Gasteiger partial charge on any atom is 0.330 e. The van der Waals surface area contributed by atoms with E-state index in [1.807, 2.05) is 17.0 Å². The van der Waals surface area contributed by atoms with Gasteiger partial charge in [0, 0.05) is 25.4 Å². The average molecular weight is 555 g/mol. The molecule has 2 aliphatic heterocycles. The Balaban J connectivity index is 0.000000867. The summed E-state index contributed by atoms with van der Waals surface area (Å²) in [6.07, 6.45) is 10.00. The lowest BCUT2D eigenvalue weighted by Crippen LogP contribution is -2.44. The Hall–Kier alpha value is -3.43. The molecule has 3 amide bonds. The Labute approximate surface area is 234 Å². The Morgan fingerprint density at radius 1 is 0.925 bits per heavy atom. The lowest BCUT2D eigenvalue weighted by molar-refractivity contribution is -0.138. The largest absolute Gasteiger partial charge is 0.480 e. The molecule has 2 aromatic rings. The molecule has 2 N–H and O–H groups in total. The smallest absolute Gasteiger partial charge is 0.330 e. The quantitative estimate of drug-likeness (QED) is 0.520. The van der Waals surface area contributed by atoms with Gasteiger partial charge in [0.05, 0.1) is 11.0 Å². The molecule has 1 aromatic carbocycles. The first-order valence-corrected chi connectivity index (χ1v) is 14.8. The topological polar surface area (TPSA) is 131 Å². The summed E-state index contributed by atoms with van der Waals surface area (Å²) in [4.78, 5) is 63.8. The van der Waals surface area contributed by atoms with E-state index in [-0.39, 0.29) is 36.5 Å². The van der Waals surface area contributed by atoms with Gasteiger partial charge in [-0.15, -0.1) is 0 Å². The van der Waals surface area contributed by atoms with Crippen LogP contribution in [0.5, 0.6) is 0 Å². The number of carbonyl (C=O) groups excluding carboxylic acids is 3. The summed E-state index contributed by atoms with van der Waals surface area (Å²) in [5.41, 5.74) is 1.36.